The minimum absolute atomic E-state index is 0. The molecule has 0 amide bonds. The molecule has 0 aromatic rings. The van der Waals surface area contributed by atoms with Gasteiger partial charge >= 0.3 is 0 Å². The van der Waals surface area contributed by atoms with Crippen molar-refractivity contribution in [2.45, 2.75) is 58.3 Å². The number of guanidine groups is 1. The molecule has 19 heavy (non-hydrogen) atoms. The van der Waals surface area contributed by atoms with E-state index < -0.39 is 0 Å². The smallest absolute Gasteiger partial charge is 0.193 e. The van der Waals surface area contributed by atoms with Crippen LogP contribution in [0, 0.1) is 5.41 Å². The van der Waals surface area contributed by atoms with Gasteiger partial charge in [-0.25, -0.2) is 0 Å². The van der Waals surface area contributed by atoms with Gasteiger partial charge in [-0.1, -0.05) is 32.6 Å². The lowest BCUT2D eigenvalue weighted by Gasteiger charge is -2.33. The van der Waals surface area contributed by atoms with Gasteiger partial charge in [-0.15, -0.1) is 24.0 Å². The summed E-state index contributed by atoms with van der Waals surface area (Å²) in [6, 6.07) is 0. The molecule has 0 atom stereocenters. The van der Waals surface area contributed by atoms with Crippen molar-refractivity contribution in [2.75, 3.05) is 26.7 Å². The average molecular weight is 379 g/mol. The normalized spacial score (nSPS) is 22.4. The summed E-state index contributed by atoms with van der Waals surface area (Å²) in [6.07, 6.45) is 11.1. The van der Waals surface area contributed by atoms with Gasteiger partial charge < -0.3 is 10.2 Å². The second-order valence-corrected chi connectivity index (χ2v) is 6.06. The zero-order valence-corrected chi connectivity index (χ0v) is 14.9. The van der Waals surface area contributed by atoms with E-state index in [1.165, 1.54) is 64.5 Å². The highest BCUT2D eigenvalue weighted by Crippen LogP contribution is 2.43. The summed E-state index contributed by atoms with van der Waals surface area (Å²) < 4.78 is 0. The Morgan fingerprint density at radius 3 is 2.58 bits per heavy atom. The van der Waals surface area contributed by atoms with E-state index in [1.807, 2.05) is 7.05 Å². The van der Waals surface area contributed by atoms with Crippen LogP contribution in [-0.2, 0) is 0 Å². The first-order chi connectivity index (χ1) is 8.79. The van der Waals surface area contributed by atoms with E-state index in [9.17, 15) is 0 Å². The number of nitrogens with zero attached hydrogens (tertiary/aromatic N) is 2. The van der Waals surface area contributed by atoms with E-state index in [0.717, 1.165) is 12.5 Å². The van der Waals surface area contributed by atoms with E-state index >= 15 is 0 Å². The number of hydrogen-bond donors (Lipinski definition) is 1. The van der Waals surface area contributed by atoms with Crippen LogP contribution in [-0.4, -0.2) is 37.5 Å². The lowest BCUT2D eigenvalue weighted by atomic mass is 9.73. The van der Waals surface area contributed by atoms with Gasteiger partial charge in [-0.05, 0) is 31.1 Å². The predicted octanol–water partition coefficient (Wildman–Crippen LogP) is 3.64. The van der Waals surface area contributed by atoms with Gasteiger partial charge in [0.25, 0.3) is 0 Å². The van der Waals surface area contributed by atoms with Crippen molar-refractivity contribution in [2.24, 2.45) is 10.4 Å². The van der Waals surface area contributed by atoms with E-state index in [-0.39, 0.29) is 24.0 Å². The third-order valence-electron chi connectivity index (χ3n) is 4.68. The predicted molar refractivity (Wildman–Crippen MR) is 93.4 cm³/mol. The Morgan fingerprint density at radius 2 is 1.95 bits per heavy atom. The minimum Gasteiger partial charge on any atom is -0.356 e. The first-order valence-electron chi connectivity index (χ1n) is 7.75. The van der Waals surface area contributed by atoms with E-state index in [2.05, 4.69) is 22.1 Å². The summed E-state index contributed by atoms with van der Waals surface area (Å²) in [4.78, 5) is 6.94. The molecule has 1 spiro atoms. The standard InChI is InChI=1S/C15H29N3.HI/c1-3-4-11-17-14(16-2)18-12-10-15(13-18)8-6-5-7-9-15;/h3-13H2,1-2H3,(H,16,17);1H. The van der Waals surface area contributed by atoms with Crippen molar-refractivity contribution in [1.82, 2.24) is 10.2 Å². The van der Waals surface area contributed by atoms with Gasteiger partial charge in [0, 0.05) is 26.7 Å². The molecule has 1 saturated carbocycles. The van der Waals surface area contributed by atoms with Crippen LogP contribution in [0.5, 0.6) is 0 Å². The fraction of sp³-hybridized carbons (Fsp3) is 0.933. The van der Waals surface area contributed by atoms with Crippen LogP contribution in [0.25, 0.3) is 0 Å². The molecule has 1 aliphatic heterocycles. The Hall–Kier alpha value is 0. The summed E-state index contributed by atoms with van der Waals surface area (Å²) in [5.74, 6) is 1.13. The molecule has 112 valence electrons. The van der Waals surface area contributed by atoms with Gasteiger partial charge in [0.05, 0.1) is 0 Å². The quantitative estimate of drug-likeness (QED) is 0.351. The molecule has 1 saturated heterocycles. The number of halogens is 1. The largest absolute Gasteiger partial charge is 0.356 e. The Kier molecular flexibility index (Phi) is 7.47. The molecular formula is C15H30IN3. The van der Waals surface area contributed by atoms with Crippen molar-refractivity contribution in [3.8, 4) is 0 Å². The topological polar surface area (TPSA) is 27.6 Å². The third kappa shape index (κ3) is 4.50. The van der Waals surface area contributed by atoms with Gasteiger partial charge in [0.1, 0.15) is 0 Å². The Labute approximate surface area is 135 Å². The van der Waals surface area contributed by atoms with Crippen LogP contribution in [0.4, 0.5) is 0 Å². The van der Waals surface area contributed by atoms with E-state index in [1.54, 1.807) is 0 Å². The molecule has 0 aromatic heterocycles. The molecule has 2 rings (SSSR count). The number of likely N-dealkylation sites (tertiary alicyclic amines) is 1. The summed E-state index contributed by atoms with van der Waals surface area (Å²) in [5, 5.41) is 3.51. The maximum absolute atomic E-state index is 4.45. The van der Waals surface area contributed by atoms with Gasteiger partial charge in [0.15, 0.2) is 5.96 Å². The number of nitrogens with one attached hydrogen (secondary N) is 1. The second-order valence-electron chi connectivity index (χ2n) is 6.06. The molecule has 0 unspecified atom stereocenters. The van der Waals surface area contributed by atoms with Crippen molar-refractivity contribution < 1.29 is 0 Å². The van der Waals surface area contributed by atoms with Gasteiger partial charge in [-0.3, -0.25) is 4.99 Å². The first-order valence-corrected chi connectivity index (χ1v) is 7.75. The zero-order valence-electron chi connectivity index (χ0n) is 12.6. The minimum atomic E-state index is 0. The van der Waals surface area contributed by atoms with Crippen LogP contribution in [0.15, 0.2) is 4.99 Å². The number of aliphatic imine (C=N–C) groups is 1. The number of unbranched alkanes of at least 4 members (excludes halogenated alkanes) is 1. The Morgan fingerprint density at radius 1 is 1.21 bits per heavy atom. The molecule has 0 bridgehead atoms. The van der Waals surface area contributed by atoms with Crippen LogP contribution in [0.1, 0.15) is 58.3 Å². The van der Waals surface area contributed by atoms with E-state index in [0.29, 0.717) is 5.41 Å². The fourth-order valence-electron chi connectivity index (χ4n) is 3.54. The highest BCUT2D eigenvalue weighted by Gasteiger charge is 2.39. The Balaban J connectivity index is 0.00000180. The molecule has 1 aliphatic carbocycles. The van der Waals surface area contributed by atoms with Crippen LogP contribution < -0.4 is 5.32 Å². The molecular weight excluding hydrogens is 349 g/mol. The molecule has 4 heteroatoms. The Bertz CT molecular complexity index is 285. The molecule has 0 radical (unpaired) electrons. The highest BCUT2D eigenvalue weighted by molar-refractivity contribution is 14.0. The lowest BCUT2D eigenvalue weighted by Crippen LogP contribution is -2.41. The average Bonchev–Trinajstić information content (AvgIpc) is 2.79. The summed E-state index contributed by atoms with van der Waals surface area (Å²) in [7, 11) is 1.92. The van der Waals surface area contributed by atoms with Gasteiger partial charge in [-0.2, -0.15) is 0 Å². The molecule has 2 aliphatic rings. The van der Waals surface area contributed by atoms with E-state index in [4.69, 9.17) is 0 Å². The SMILES string of the molecule is CCCCNC(=NC)N1CCC2(CCCCC2)C1.I. The van der Waals surface area contributed by atoms with Crippen molar-refractivity contribution in [1.29, 1.82) is 0 Å². The zero-order chi connectivity index (χ0) is 12.8. The lowest BCUT2D eigenvalue weighted by molar-refractivity contribution is 0.203. The monoisotopic (exact) mass is 379 g/mol. The van der Waals surface area contributed by atoms with Crippen molar-refractivity contribution in [3.63, 3.8) is 0 Å². The van der Waals surface area contributed by atoms with Crippen LogP contribution in [0.2, 0.25) is 0 Å². The van der Waals surface area contributed by atoms with Crippen LogP contribution in [0.3, 0.4) is 0 Å². The maximum Gasteiger partial charge on any atom is 0.193 e. The van der Waals surface area contributed by atoms with Crippen LogP contribution >= 0.6 is 24.0 Å². The summed E-state index contributed by atoms with van der Waals surface area (Å²) >= 11 is 0. The third-order valence-corrected chi connectivity index (χ3v) is 4.68. The number of rotatable bonds is 3. The van der Waals surface area contributed by atoms with Crippen molar-refractivity contribution >= 4 is 29.9 Å². The summed E-state index contributed by atoms with van der Waals surface area (Å²) in [5.41, 5.74) is 0.626. The summed E-state index contributed by atoms with van der Waals surface area (Å²) in [6.45, 7) is 5.73. The van der Waals surface area contributed by atoms with Crippen molar-refractivity contribution in [3.05, 3.63) is 0 Å². The molecule has 1 heterocycles. The molecule has 3 nitrogen and oxygen atoms in total. The number of hydrogen-bond acceptors (Lipinski definition) is 1. The second kappa shape index (κ2) is 8.32. The first kappa shape index (κ1) is 17.1. The highest BCUT2D eigenvalue weighted by atomic mass is 127. The maximum atomic E-state index is 4.45. The molecule has 1 N–H and O–H groups in total. The van der Waals surface area contributed by atoms with Gasteiger partial charge in [0.2, 0.25) is 0 Å². The molecule has 2 fully saturated rings. The fourth-order valence-corrected chi connectivity index (χ4v) is 3.54. The molecule has 0 aromatic carbocycles.